The predicted octanol–water partition coefficient (Wildman–Crippen LogP) is -3.23. The first kappa shape index (κ1) is 28.9. The van der Waals surface area contributed by atoms with Gasteiger partial charge in [-0.15, -0.1) is 0 Å². The number of aliphatic imine (C=N–C) groups is 1. The molecule has 3 unspecified atom stereocenters. The molecule has 182 valence electrons. The Labute approximate surface area is 189 Å². The van der Waals surface area contributed by atoms with Gasteiger partial charge in [0.15, 0.2) is 5.96 Å². The van der Waals surface area contributed by atoms with E-state index in [2.05, 4.69) is 20.9 Å². The number of amides is 3. The van der Waals surface area contributed by atoms with Crippen LogP contribution in [-0.2, 0) is 24.0 Å². The van der Waals surface area contributed by atoms with Gasteiger partial charge in [-0.1, -0.05) is 0 Å². The normalized spacial score (nSPS) is 13.2. The molecule has 0 aromatic carbocycles. The van der Waals surface area contributed by atoms with E-state index in [9.17, 15) is 29.1 Å². The highest BCUT2D eigenvalue weighted by molar-refractivity contribution is 7.98. The molecule has 0 rings (SSSR count). The summed E-state index contributed by atoms with van der Waals surface area (Å²) in [6.45, 7) is -0.285. The summed E-state index contributed by atoms with van der Waals surface area (Å²) < 4.78 is 0. The number of nitrogens with zero attached hydrogens (tertiary/aromatic N) is 1. The second-order valence-corrected chi connectivity index (χ2v) is 7.60. The molecule has 3 amide bonds. The van der Waals surface area contributed by atoms with Crippen molar-refractivity contribution in [1.82, 2.24) is 16.0 Å². The summed E-state index contributed by atoms with van der Waals surface area (Å²) in [4.78, 5) is 63.0. The molecule has 0 saturated heterocycles. The van der Waals surface area contributed by atoms with Crippen LogP contribution in [0.5, 0.6) is 0 Å². The standard InChI is InChI=1S/C17H31N7O7S/c1-32-6-4-9(23-15(29)11(7-13(26)27)22-12(25)8-18)14(28)24-10(16(30)31)3-2-5-21-17(19)20/h9-11H,2-8,18H2,1H3,(H,22,25)(H,23,29)(H,24,28)(H,26,27)(H,30,31)(H4,19,20,21). The topological polar surface area (TPSA) is 252 Å². The number of carboxylic acid groups (broad SMARTS) is 2. The molecule has 3 atom stereocenters. The van der Waals surface area contributed by atoms with E-state index in [1.165, 1.54) is 11.8 Å². The van der Waals surface area contributed by atoms with E-state index in [1.54, 1.807) is 6.26 Å². The van der Waals surface area contributed by atoms with Crippen molar-refractivity contribution in [3.8, 4) is 0 Å². The Kier molecular flexibility index (Phi) is 14.2. The maximum atomic E-state index is 12.7. The molecule has 0 spiro atoms. The van der Waals surface area contributed by atoms with Crippen LogP contribution in [0.4, 0.5) is 0 Å². The number of guanidine groups is 1. The molecule has 32 heavy (non-hydrogen) atoms. The number of hydrogen-bond donors (Lipinski definition) is 8. The van der Waals surface area contributed by atoms with E-state index in [4.69, 9.17) is 22.3 Å². The third kappa shape index (κ3) is 12.6. The molecule has 11 N–H and O–H groups in total. The fourth-order valence-corrected chi connectivity index (χ4v) is 2.92. The second kappa shape index (κ2) is 15.7. The van der Waals surface area contributed by atoms with Crippen molar-refractivity contribution in [3.63, 3.8) is 0 Å². The zero-order chi connectivity index (χ0) is 24.7. The van der Waals surface area contributed by atoms with Gasteiger partial charge in [-0.05, 0) is 31.3 Å². The van der Waals surface area contributed by atoms with E-state index < -0.39 is 60.8 Å². The summed E-state index contributed by atoms with van der Waals surface area (Å²) in [5, 5.41) is 25.3. The van der Waals surface area contributed by atoms with Crippen LogP contribution in [0.1, 0.15) is 25.7 Å². The van der Waals surface area contributed by atoms with Crippen molar-refractivity contribution in [2.45, 2.75) is 43.8 Å². The number of carbonyl (C=O) groups excluding carboxylic acids is 3. The summed E-state index contributed by atoms with van der Waals surface area (Å²) in [6.07, 6.45) is 1.51. The van der Waals surface area contributed by atoms with E-state index in [0.29, 0.717) is 5.75 Å². The quantitative estimate of drug-likeness (QED) is 0.0622. The van der Waals surface area contributed by atoms with Gasteiger partial charge in [0.2, 0.25) is 17.7 Å². The fraction of sp³-hybridized carbons (Fsp3) is 0.647. The number of nitrogens with one attached hydrogen (secondary N) is 3. The lowest BCUT2D eigenvalue weighted by Crippen LogP contribution is -2.56. The van der Waals surface area contributed by atoms with Crippen molar-refractivity contribution in [2.24, 2.45) is 22.2 Å². The van der Waals surface area contributed by atoms with Crippen molar-refractivity contribution in [3.05, 3.63) is 0 Å². The highest BCUT2D eigenvalue weighted by Gasteiger charge is 2.30. The Hall–Kier alpha value is -3.07. The van der Waals surface area contributed by atoms with Gasteiger partial charge < -0.3 is 43.4 Å². The van der Waals surface area contributed by atoms with Gasteiger partial charge in [-0.25, -0.2) is 4.79 Å². The van der Waals surface area contributed by atoms with Crippen LogP contribution >= 0.6 is 11.8 Å². The number of carboxylic acids is 2. The minimum atomic E-state index is -1.46. The molecule has 0 saturated carbocycles. The predicted molar refractivity (Wildman–Crippen MR) is 118 cm³/mol. The molecule has 0 fully saturated rings. The van der Waals surface area contributed by atoms with Gasteiger partial charge in [0.25, 0.3) is 0 Å². The SMILES string of the molecule is CSCCC(NC(=O)C(CC(=O)O)NC(=O)CN)C(=O)NC(CCCN=C(N)N)C(=O)O. The Balaban J connectivity index is 5.28. The third-order valence-electron chi connectivity index (χ3n) is 4.02. The summed E-state index contributed by atoms with van der Waals surface area (Å²) >= 11 is 1.39. The Morgan fingerprint density at radius 3 is 2.03 bits per heavy atom. The minimum absolute atomic E-state index is 0.0369. The van der Waals surface area contributed by atoms with Crippen molar-refractivity contribution in [2.75, 3.05) is 25.1 Å². The maximum absolute atomic E-state index is 12.7. The van der Waals surface area contributed by atoms with Crippen LogP contribution in [0.2, 0.25) is 0 Å². The molecule has 0 bridgehead atoms. The zero-order valence-electron chi connectivity index (χ0n) is 17.7. The molecule has 0 aromatic rings. The molecular weight excluding hydrogens is 446 g/mol. The van der Waals surface area contributed by atoms with E-state index in [1.807, 2.05) is 0 Å². The summed E-state index contributed by atoms with van der Waals surface area (Å²) in [5.41, 5.74) is 15.6. The molecule has 15 heteroatoms. The number of hydrogen-bond acceptors (Lipinski definition) is 8. The average molecular weight is 478 g/mol. The number of rotatable bonds is 16. The van der Waals surface area contributed by atoms with Crippen LogP contribution in [0, 0.1) is 0 Å². The fourth-order valence-electron chi connectivity index (χ4n) is 2.45. The van der Waals surface area contributed by atoms with Gasteiger partial charge in [-0.3, -0.25) is 24.2 Å². The van der Waals surface area contributed by atoms with E-state index in [0.717, 1.165) is 0 Å². The van der Waals surface area contributed by atoms with E-state index in [-0.39, 0.29) is 31.8 Å². The lowest BCUT2D eigenvalue weighted by atomic mass is 10.1. The van der Waals surface area contributed by atoms with E-state index >= 15 is 0 Å². The monoisotopic (exact) mass is 477 g/mol. The number of carbonyl (C=O) groups is 5. The summed E-state index contributed by atoms with van der Waals surface area (Å²) in [5.74, 6) is -4.74. The van der Waals surface area contributed by atoms with Gasteiger partial charge in [0.1, 0.15) is 18.1 Å². The Bertz CT molecular complexity index is 701. The highest BCUT2D eigenvalue weighted by atomic mass is 32.2. The summed E-state index contributed by atoms with van der Waals surface area (Å²) in [6, 6.07) is -3.86. The first-order chi connectivity index (χ1) is 15.0. The third-order valence-corrected chi connectivity index (χ3v) is 4.66. The first-order valence-electron chi connectivity index (χ1n) is 9.60. The summed E-state index contributed by atoms with van der Waals surface area (Å²) in [7, 11) is 0. The smallest absolute Gasteiger partial charge is 0.326 e. The number of thioether (sulfide) groups is 1. The van der Waals surface area contributed by atoms with Crippen molar-refractivity contribution >= 4 is 47.4 Å². The van der Waals surface area contributed by atoms with Crippen molar-refractivity contribution < 1.29 is 34.2 Å². The van der Waals surface area contributed by atoms with Crippen LogP contribution in [0.15, 0.2) is 4.99 Å². The highest BCUT2D eigenvalue weighted by Crippen LogP contribution is 2.05. The average Bonchev–Trinajstić information content (AvgIpc) is 2.71. The largest absolute Gasteiger partial charge is 0.481 e. The van der Waals surface area contributed by atoms with Gasteiger partial charge in [0.05, 0.1) is 13.0 Å². The van der Waals surface area contributed by atoms with Crippen molar-refractivity contribution in [1.29, 1.82) is 0 Å². The zero-order valence-corrected chi connectivity index (χ0v) is 18.5. The number of aliphatic carboxylic acids is 2. The van der Waals surface area contributed by atoms with Crippen LogP contribution in [0.3, 0.4) is 0 Å². The van der Waals surface area contributed by atoms with Gasteiger partial charge in [0, 0.05) is 6.54 Å². The minimum Gasteiger partial charge on any atom is -0.481 e. The lowest BCUT2D eigenvalue weighted by molar-refractivity contribution is -0.143. The maximum Gasteiger partial charge on any atom is 0.326 e. The number of nitrogens with two attached hydrogens (primary N) is 3. The first-order valence-corrected chi connectivity index (χ1v) is 11.0. The molecule has 0 aromatic heterocycles. The lowest BCUT2D eigenvalue weighted by Gasteiger charge is -2.24. The molecule has 0 radical (unpaired) electrons. The Morgan fingerprint density at radius 2 is 1.53 bits per heavy atom. The molecular formula is C17H31N7O7S. The molecule has 0 aliphatic rings. The molecule has 0 heterocycles. The van der Waals surface area contributed by atoms with Crippen LogP contribution in [-0.4, -0.2) is 89.1 Å². The molecule has 0 aliphatic heterocycles. The van der Waals surface area contributed by atoms with Gasteiger partial charge >= 0.3 is 11.9 Å². The van der Waals surface area contributed by atoms with Gasteiger partial charge in [-0.2, -0.15) is 11.8 Å². The second-order valence-electron chi connectivity index (χ2n) is 6.61. The van der Waals surface area contributed by atoms with Crippen LogP contribution in [0.25, 0.3) is 0 Å². The molecule has 14 nitrogen and oxygen atoms in total. The molecule has 0 aliphatic carbocycles. The van der Waals surface area contributed by atoms with Crippen LogP contribution < -0.4 is 33.2 Å². The Morgan fingerprint density at radius 1 is 0.938 bits per heavy atom.